The first kappa shape index (κ1) is 24.3. The number of nitrogens with one attached hydrogen (secondary N) is 1. The zero-order valence-corrected chi connectivity index (χ0v) is 20.6. The highest BCUT2D eigenvalue weighted by Crippen LogP contribution is 2.41. The van der Waals surface area contributed by atoms with Crippen LogP contribution in [0.4, 0.5) is 0 Å². The minimum atomic E-state index is 0. The Hall–Kier alpha value is -1.02. The first-order chi connectivity index (χ1) is 13.7. The fourth-order valence-electron chi connectivity index (χ4n) is 4.72. The summed E-state index contributed by atoms with van der Waals surface area (Å²) >= 11 is 0. The van der Waals surface area contributed by atoms with Crippen molar-refractivity contribution in [2.24, 2.45) is 10.9 Å². The number of hydrogen-bond donors (Lipinski definition) is 1. The van der Waals surface area contributed by atoms with Gasteiger partial charge < -0.3 is 19.7 Å². The lowest BCUT2D eigenvalue weighted by Crippen LogP contribution is -2.46. The minimum Gasteiger partial charge on any atom is -0.497 e. The Morgan fingerprint density at radius 1 is 1.28 bits per heavy atom. The average Bonchev–Trinajstić information content (AvgIpc) is 3.23. The third-order valence-corrected chi connectivity index (χ3v) is 6.61. The summed E-state index contributed by atoms with van der Waals surface area (Å²) in [6.07, 6.45) is 8.61. The maximum absolute atomic E-state index is 5.48. The molecule has 2 aliphatic rings. The quantitative estimate of drug-likeness (QED) is 0.331. The summed E-state index contributed by atoms with van der Waals surface area (Å²) in [6.45, 7) is 3.81. The Bertz CT molecular complexity index is 641. The smallest absolute Gasteiger partial charge is 0.193 e. The van der Waals surface area contributed by atoms with E-state index in [1.54, 1.807) is 7.11 Å². The number of nitrogens with zero attached hydrogens (tertiary/aromatic N) is 2. The lowest BCUT2D eigenvalue weighted by molar-refractivity contribution is 0.0625. The summed E-state index contributed by atoms with van der Waals surface area (Å²) in [5, 5.41) is 3.69. The number of benzene rings is 1. The monoisotopic (exact) mass is 515 g/mol. The van der Waals surface area contributed by atoms with Gasteiger partial charge in [-0.1, -0.05) is 25.0 Å². The fourth-order valence-corrected chi connectivity index (χ4v) is 4.72. The lowest BCUT2D eigenvalue weighted by Gasteiger charge is -2.33. The summed E-state index contributed by atoms with van der Waals surface area (Å²) in [4.78, 5) is 6.83. The zero-order valence-electron chi connectivity index (χ0n) is 18.3. The maximum atomic E-state index is 5.48. The van der Waals surface area contributed by atoms with Gasteiger partial charge in [0.2, 0.25) is 0 Å². The van der Waals surface area contributed by atoms with Gasteiger partial charge in [-0.25, -0.2) is 0 Å². The molecule has 29 heavy (non-hydrogen) atoms. The van der Waals surface area contributed by atoms with E-state index in [4.69, 9.17) is 9.47 Å². The molecule has 0 unspecified atom stereocenters. The molecule has 1 saturated heterocycles. The third kappa shape index (κ3) is 6.48. The van der Waals surface area contributed by atoms with E-state index in [9.17, 15) is 0 Å². The number of halogens is 1. The van der Waals surface area contributed by atoms with Crippen molar-refractivity contribution in [3.63, 3.8) is 0 Å². The van der Waals surface area contributed by atoms with Crippen LogP contribution in [0.1, 0.15) is 50.5 Å². The SMILES string of the molecule is CN=C(NCC1(c2cccc(OC)c2)CCCC1)N(C)CCC1CCOCC1.I. The van der Waals surface area contributed by atoms with E-state index >= 15 is 0 Å². The molecule has 0 radical (unpaired) electrons. The van der Waals surface area contributed by atoms with E-state index in [2.05, 4.69) is 40.5 Å². The van der Waals surface area contributed by atoms with Gasteiger partial charge in [0.25, 0.3) is 0 Å². The number of rotatable bonds is 7. The Balaban J connectivity index is 0.00000300. The largest absolute Gasteiger partial charge is 0.497 e. The minimum absolute atomic E-state index is 0. The van der Waals surface area contributed by atoms with E-state index < -0.39 is 0 Å². The van der Waals surface area contributed by atoms with Crippen molar-refractivity contribution in [2.75, 3.05) is 47.5 Å². The highest BCUT2D eigenvalue weighted by Gasteiger charge is 2.36. The molecule has 1 aliphatic heterocycles. The molecule has 1 aromatic rings. The van der Waals surface area contributed by atoms with E-state index in [1.165, 1.54) is 50.5 Å². The molecule has 0 bridgehead atoms. The number of aliphatic imine (C=N–C) groups is 1. The van der Waals surface area contributed by atoms with Gasteiger partial charge in [0, 0.05) is 45.8 Å². The molecule has 1 saturated carbocycles. The maximum Gasteiger partial charge on any atom is 0.193 e. The van der Waals surface area contributed by atoms with Crippen LogP contribution < -0.4 is 10.1 Å². The molecule has 3 rings (SSSR count). The summed E-state index contributed by atoms with van der Waals surface area (Å²) in [5.41, 5.74) is 1.56. The summed E-state index contributed by atoms with van der Waals surface area (Å²) < 4.78 is 11.0. The molecular formula is C23H38IN3O2. The van der Waals surface area contributed by atoms with E-state index in [1.807, 2.05) is 13.1 Å². The predicted octanol–water partition coefficient (Wildman–Crippen LogP) is 4.45. The van der Waals surface area contributed by atoms with Crippen LogP contribution in [0, 0.1) is 5.92 Å². The molecular weight excluding hydrogens is 477 g/mol. The predicted molar refractivity (Wildman–Crippen MR) is 131 cm³/mol. The van der Waals surface area contributed by atoms with Crippen LogP contribution in [0.25, 0.3) is 0 Å². The molecule has 1 heterocycles. The van der Waals surface area contributed by atoms with Crippen molar-refractivity contribution in [3.05, 3.63) is 29.8 Å². The van der Waals surface area contributed by atoms with E-state index in [0.717, 1.165) is 43.9 Å². The zero-order chi connectivity index (χ0) is 19.8. The van der Waals surface area contributed by atoms with E-state index in [0.29, 0.717) is 0 Å². The topological polar surface area (TPSA) is 46.1 Å². The van der Waals surface area contributed by atoms with Gasteiger partial charge >= 0.3 is 0 Å². The highest BCUT2D eigenvalue weighted by atomic mass is 127. The lowest BCUT2D eigenvalue weighted by atomic mass is 9.78. The number of methoxy groups -OCH3 is 1. The van der Waals surface area contributed by atoms with Crippen LogP contribution >= 0.6 is 24.0 Å². The van der Waals surface area contributed by atoms with Gasteiger partial charge in [-0.15, -0.1) is 24.0 Å². The number of guanidine groups is 1. The Morgan fingerprint density at radius 2 is 2.00 bits per heavy atom. The molecule has 5 nitrogen and oxygen atoms in total. The van der Waals surface area contributed by atoms with Gasteiger partial charge in [-0.2, -0.15) is 0 Å². The van der Waals surface area contributed by atoms with E-state index in [-0.39, 0.29) is 29.4 Å². The van der Waals surface area contributed by atoms with Crippen LogP contribution in [0.3, 0.4) is 0 Å². The second-order valence-electron chi connectivity index (χ2n) is 8.39. The Kier molecular flexibility index (Phi) is 10.0. The van der Waals surface area contributed by atoms with Crippen molar-refractivity contribution in [3.8, 4) is 5.75 Å². The van der Waals surface area contributed by atoms with Gasteiger partial charge in [0.15, 0.2) is 5.96 Å². The summed E-state index contributed by atoms with van der Waals surface area (Å²) in [7, 11) is 5.79. The highest BCUT2D eigenvalue weighted by molar-refractivity contribution is 14.0. The van der Waals surface area contributed by atoms with Crippen molar-refractivity contribution in [1.82, 2.24) is 10.2 Å². The van der Waals surface area contributed by atoms with Gasteiger partial charge in [-0.3, -0.25) is 4.99 Å². The third-order valence-electron chi connectivity index (χ3n) is 6.61. The van der Waals surface area contributed by atoms with Crippen molar-refractivity contribution in [2.45, 2.75) is 50.4 Å². The first-order valence-corrected chi connectivity index (χ1v) is 10.8. The van der Waals surface area contributed by atoms with Crippen molar-refractivity contribution < 1.29 is 9.47 Å². The van der Waals surface area contributed by atoms with Gasteiger partial charge in [0.05, 0.1) is 7.11 Å². The molecule has 0 spiro atoms. The summed E-state index contributed by atoms with van der Waals surface area (Å²) in [6, 6.07) is 8.61. The van der Waals surface area contributed by atoms with Crippen molar-refractivity contribution >= 4 is 29.9 Å². The fraction of sp³-hybridized carbons (Fsp3) is 0.696. The first-order valence-electron chi connectivity index (χ1n) is 10.8. The number of hydrogen-bond acceptors (Lipinski definition) is 3. The van der Waals surface area contributed by atoms with Gasteiger partial charge in [-0.05, 0) is 55.7 Å². The normalized spacial score (nSPS) is 19.5. The van der Waals surface area contributed by atoms with Crippen LogP contribution in [-0.4, -0.2) is 58.4 Å². The molecule has 0 amide bonds. The molecule has 6 heteroatoms. The van der Waals surface area contributed by atoms with Crippen molar-refractivity contribution in [1.29, 1.82) is 0 Å². The molecule has 1 aromatic carbocycles. The molecule has 1 N–H and O–H groups in total. The van der Waals surface area contributed by atoms with Crippen LogP contribution in [0.2, 0.25) is 0 Å². The van der Waals surface area contributed by atoms with Crippen LogP contribution in [0.15, 0.2) is 29.3 Å². The second kappa shape index (κ2) is 12.0. The van der Waals surface area contributed by atoms with Crippen LogP contribution in [-0.2, 0) is 10.2 Å². The number of ether oxygens (including phenoxy) is 2. The molecule has 0 atom stereocenters. The van der Waals surface area contributed by atoms with Crippen LogP contribution in [0.5, 0.6) is 5.75 Å². The Labute approximate surface area is 193 Å². The molecule has 2 fully saturated rings. The van der Waals surface area contributed by atoms with Gasteiger partial charge in [0.1, 0.15) is 5.75 Å². The average molecular weight is 515 g/mol. The molecule has 1 aliphatic carbocycles. The standard InChI is InChI=1S/C23H37N3O2.HI/c1-24-22(26(2)14-9-19-10-15-28-16-11-19)25-18-23(12-4-5-13-23)20-7-6-8-21(17-20)27-3;/h6-8,17,19H,4-5,9-16,18H2,1-3H3,(H,24,25);1H. The molecule has 164 valence electrons. The Morgan fingerprint density at radius 3 is 2.66 bits per heavy atom. The molecule has 0 aromatic heterocycles. The second-order valence-corrected chi connectivity index (χ2v) is 8.39. The summed E-state index contributed by atoms with van der Waals surface area (Å²) in [5.74, 6) is 2.73.